The highest BCUT2D eigenvalue weighted by atomic mass is 79.9. The Hall–Kier alpha value is -0.190. The Morgan fingerprint density at radius 2 is 2.31 bits per heavy atom. The molecule has 1 aliphatic rings. The van der Waals surface area contributed by atoms with Crippen LogP contribution in [-0.4, -0.2) is 25.4 Å². The summed E-state index contributed by atoms with van der Waals surface area (Å²) in [6.07, 6.45) is 1.06. The number of benzene rings is 1. The molecular formula is C12H17BrN2S. The molecule has 88 valence electrons. The van der Waals surface area contributed by atoms with Gasteiger partial charge in [0.2, 0.25) is 0 Å². The predicted octanol–water partition coefficient (Wildman–Crippen LogP) is 3.02. The molecule has 1 aromatic rings. The summed E-state index contributed by atoms with van der Waals surface area (Å²) in [6, 6.07) is 5.00. The molecule has 0 spiro atoms. The highest BCUT2D eigenvalue weighted by molar-refractivity contribution is 9.10. The maximum Gasteiger partial charge on any atom is 0.0649 e. The summed E-state index contributed by atoms with van der Waals surface area (Å²) in [5, 5.41) is 0. The van der Waals surface area contributed by atoms with Crippen molar-refractivity contribution < 1.29 is 0 Å². The van der Waals surface area contributed by atoms with Crippen molar-refractivity contribution >= 4 is 33.4 Å². The van der Waals surface area contributed by atoms with Gasteiger partial charge < -0.3 is 10.6 Å². The first-order valence-electron chi connectivity index (χ1n) is 5.49. The lowest BCUT2D eigenvalue weighted by atomic mass is 10.1. The van der Waals surface area contributed by atoms with Gasteiger partial charge in [-0.15, -0.1) is 11.8 Å². The molecule has 1 aromatic carbocycles. The summed E-state index contributed by atoms with van der Waals surface area (Å²) >= 11 is 5.61. The average Bonchev–Trinajstić information content (AvgIpc) is 2.21. The number of hydrogen-bond acceptors (Lipinski definition) is 3. The Bertz CT molecular complexity index is 395. The quantitative estimate of drug-likeness (QED) is 0.910. The van der Waals surface area contributed by atoms with Crippen LogP contribution in [0.3, 0.4) is 0 Å². The number of nitrogens with two attached hydrogens (primary N) is 1. The zero-order chi connectivity index (χ0) is 11.7. The van der Waals surface area contributed by atoms with E-state index in [1.165, 1.54) is 20.6 Å². The SMILES string of the molecule is Cc1cc(Br)c2c(c1)SCC(CCN)N2C. The fourth-order valence-electron chi connectivity index (χ4n) is 2.10. The molecule has 2 rings (SSSR count). The lowest BCUT2D eigenvalue weighted by molar-refractivity contribution is 0.632. The van der Waals surface area contributed by atoms with Crippen LogP contribution in [0.2, 0.25) is 0 Å². The van der Waals surface area contributed by atoms with Crippen molar-refractivity contribution in [2.45, 2.75) is 24.3 Å². The van der Waals surface area contributed by atoms with Crippen LogP contribution < -0.4 is 10.6 Å². The normalized spacial score (nSPS) is 19.8. The molecule has 0 fully saturated rings. The van der Waals surface area contributed by atoms with Crippen molar-refractivity contribution in [3.63, 3.8) is 0 Å². The molecule has 0 saturated carbocycles. The van der Waals surface area contributed by atoms with Crippen molar-refractivity contribution in [2.24, 2.45) is 5.73 Å². The molecule has 0 aromatic heterocycles. The van der Waals surface area contributed by atoms with Crippen LogP contribution in [0.1, 0.15) is 12.0 Å². The Labute approximate surface area is 110 Å². The summed E-state index contributed by atoms with van der Waals surface area (Å²) in [6.45, 7) is 2.89. The van der Waals surface area contributed by atoms with Crippen LogP contribution in [0.4, 0.5) is 5.69 Å². The van der Waals surface area contributed by atoms with Crippen LogP contribution in [0, 0.1) is 6.92 Å². The Balaban J connectivity index is 2.36. The van der Waals surface area contributed by atoms with Gasteiger partial charge in [0.05, 0.1) is 5.69 Å². The van der Waals surface area contributed by atoms with E-state index in [4.69, 9.17) is 5.73 Å². The third-order valence-corrected chi connectivity index (χ3v) is 4.78. The third-order valence-electron chi connectivity index (χ3n) is 3.00. The molecule has 0 radical (unpaired) electrons. The van der Waals surface area contributed by atoms with Crippen molar-refractivity contribution in [3.05, 3.63) is 22.2 Å². The van der Waals surface area contributed by atoms with Gasteiger partial charge in [-0.3, -0.25) is 0 Å². The van der Waals surface area contributed by atoms with E-state index in [-0.39, 0.29) is 0 Å². The predicted molar refractivity (Wildman–Crippen MR) is 75.5 cm³/mol. The molecule has 0 saturated heterocycles. The number of nitrogens with zero attached hydrogens (tertiary/aromatic N) is 1. The van der Waals surface area contributed by atoms with Crippen molar-refractivity contribution in [2.75, 3.05) is 24.2 Å². The molecule has 0 bridgehead atoms. The van der Waals surface area contributed by atoms with Crippen molar-refractivity contribution in [1.82, 2.24) is 0 Å². The first-order chi connectivity index (χ1) is 7.63. The summed E-state index contributed by atoms with van der Waals surface area (Å²) in [5.74, 6) is 1.14. The fraction of sp³-hybridized carbons (Fsp3) is 0.500. The Morgan fingerprint density at radius 1 is 1.56 bits per heavy atom. The zero-order valence-electron chi connectivity index (χ0n) is 9.66. The zero-order valence-corrected chi connectivity index (χ0v) is 12.1. The topological polar surface area (TPSA) is 29.3 Å². The lowest BCUT2D eigenvalue weighted by Gasteiger charge is -2.36. The molecular weight excluding hydrogens is 284 g/mol. The van der Waals surface area contributed by atoms with Crippen LogP contribution >= 0.6 is 27.7 Å². The summed E-state index contributed by atoms with van der Waals surface area (Å²) in [4.78, 5) is 3.74. The molecule has 1 aliphatic heterocycles. The smallest absolute Gasteiger partial charge is 0.0649 e. The van der Waals surface area contributed by atoms with Gasteiger partial charge in [-0.05, 0) is 53.5 Å². The second-order valence-corrected chi connectivity index (χ2v) is 6.16. The molecule has 0 amide bonds. The van der Waals surface area contributed by atoms with E-state index in [2.05, 4.69) is 46.9 Å². The molecule has 1 heterocycles. The van der Waals surface area contributed by atoms with E-state index in [0.29, 0.717) is 6.04 Å². The molecule has 2 nitrogen and oxygen atoms in total. The van der Waals surface area contributed by atoms with Gasteiger partial charge in [-0.1, -0.05) is 0 Å². The van der Waals surface area contributed by atoms with Gasteiger partial charge in [0.15, 0.2) is 0 Å². The highest BCUT2D eigenvalue weighted by Gasteiger charge is 2.25. The number of aryl methyl sites for hydroxylation is 1. The van der Waals surface area contributed by atoms with Crippen LogP contribution in [0.15, 0.2) is 21.5 Å². The van der Waals surface area contributed by atoms with Gasteiger partial charge in [0, 0.05) is 28.2 Å². The van der Waals surface area contributed by atoms with Gasteiger partial charge in [-0.25, -0.2) is 0 Å². The molecule has 1 atom stereocenters. The van der Waals surface area contributed by atoms with Gasteiger partial charge >= 0.3 is 0 Å². The minimum absolute atomic E-state index is 0.557. The number of halogens is 1. The molecule has 1 unspecified atom stereocenters. The number of thioether (sulfide) groups is 1. The maximum atomic E-state index is 5.66. The largest absolute Gasteiger partial charge is 0.369 e. The monoisotopic (exact) mass is 300 g/mol. The fourth-order valence-corrected chi connectivity index (χ4v) is 4.51. The van der Waals surface area contributed by atoms with E-state index in [0.717, 1.165) is 18.7 Å². The number of fused-ring (bicyclic) bond motifs is 1. The Morgan fingerprint density at radius 3 is 3.00 bits per heavy atom. The number of rotatable bonds is 2. The van der Waals surface area contributed by atoms with E-state index < -0.39 is 0 Å². The second-order valence-electron chi connectivity index (χ2n) is 4.25. The van der Waals surface area contributed by atoms with Crippen molar-refractivity contribution in [1.29, 1.82) is 0 Å². The van der Waals surface area contributed by atoms with Crippen LogP contribution in [0.25, 0.3) is 0 Å². The molecule has 16 heavy (non-hydrogen) atoms. The number of anilines is 1. The summed E-state index contributed by atoms with van der Waals surface area (Å²) < 4.78 is 1.19. The van der Waals surface area contributed by atoms with E-state index in [9.17, 15) is 0 Å². The minimum Gasteiger partial charge on any atom is -0.369 e. The molecule has 2 N–H and O–H groups in total. The Kier molecular flexibility index (Phi) is 3.82. The maximum absolute atomic E-state index is 5.66. The van der Waals surface area contributed by atoms with Gasteiger partial charge in [0.25, 0.3) is 0 Å². The van der Waals surface area contributed by atoms with E-state index >= 15 is 0 Å². The third kappa shape index (κ3) is 2.24. The van der Waals surface area contributed by atoms with Gasteiger partial charge in [-0.2, -0.15) is 0 Å². The van der Waals surface area contributed by atoms with Gasteiger partial charge in [0.1, 0.15) is 0 Å². The summed E-state index contributed by atoms with van der Waals surface area (Å²) in [5.41, 5.74) is 8.28. The van der Waals surface area contributed by atoms with Crippen LogP contribution in [-0.2, 0) is 0 Å². The summed E-state index contributed by atoms with van der Waals surface area (Å²) in [7, 11) is 2.17. The van der Waals surface area contributed by atoms with E-state index in [1.807, 2.05) is 11.8 Å². The standard InChI is InChI=1S/C12H17BrN2S/c1-8-5-10(13)12-11(6-8)16-7-9(3-4-14)15(12)2/h5-6,9H,3-4,7,14H2,1-2H3. The molecule has 4 heteroatoms. The highest BCUT2D eigenvalue weighted by Crippen LogP contribution is 2.42. The average molecular weight is 301 g/mol. The lowest BCUT2D eigenvalue weighted by Crippen LogP contribution is -2.38. The second kappa shape index (κ2) is 4.98. The minimum atomic E-state index is 0.557. The van der Waals surface area contributed by atoms with E-state index in [1.54, 1.807) is 0 Å². The van der Waals surface area contributed by atoms with Crippen LogP contribution in [0.5, 0.6) is 0 Å². The first-order valence-corrected chi connectivity index (χ1v) is 7.27. The van der Waals surface area contributed by atoms with Crippen molar-refractivity contribution in [3.8, 4) is 0 Å². The molecule has 0 aliphatic carbocycles. The number of hydrogen-bond donors (Lipinski definition) is 1. The first kappa shape index (κ1) is 12.3.